The molecule has 1 aliphatic carbocycles. The molecule has 1 aromatic heterocycles. The molecule has 0 bridgehead atoms. The van der Waals surface area contributed by atoms with E-state index in [9.17, 15) is 33.6 Å². The van der Waals surface area contributed by atoms with E-state index in [4.69, 9.17) is 4.74 Å². The predicted octanol–water partition coefficient (Wildman–Crippen LogP) is 3.90. The lowest BCUT2D eigenvalue weighted by molar-refractivity contribution is -0.386. The molecule has 0 unspecified atom stereocenters. The molecule has 2 aromatic carbocycles. The second-order valence-corrected chi connectivity index (χ2v) is 6.82. The zero-order chi connectivity index (χ0) is 21.7. The molecule has 0 spiro atoms. The lowest BCUT2D eigenvalue weighted by atomic mass is 9.99. The summed E-state index contributed by atoms with van der Waals surface area (Å²) in [7, 11) is 1.04. The van der Waals surface area contributed by atoms with Crippen molar-refractivity contribution < 1.29 is 28.3 Å². The summed E-state index contributed by atoms with van der Waals surface area (Å²) in [6, 6.07) is 7.69. The van der Waals surface area contributed by atoms with Crippen LogP contribution in [0.25, 0.3) is 22.2 Å². The maximum absolute atomic E-state index is 14.7. The van der Waals surface area contributed by atoms with Crippen molar-refractivity contribution in [2.24, 2.45) is 0 Å². The van der Waals surface area contributed by atoms with E-state index in [0.717, 1.165) is 7.11 Å². The molecule has 10 heteroatoms. The Morgan fingerprint density at radius 3 is 2.37 bits per heavy atom. The van der Waals surface area contributed by atoms with E-state index in [1.807, 2.05) is 0 Å². The van der Waals surface area contributed by atoms with Crippen LogP contribution in [-0.2, 0) is 0 Å². The van der Waals surface area contributed by atoms with E-state index in [-0.39, 0.29) is 17.3 Å². The van der Waals surface area contributed by atoms with Crippen molar-refractivity contribution >= 4 is 22.6 Å². The maximum atomic E-state index is 14.7. The van der Waals surface area contributed by atoms with Crippen LogP contribution in [0, 0.1) is 21.7 Å². The van der Waals surface area contributed by atoms with Gasteiger partial charge < -0.3 is 14.4 Å². The number of hydrogen-bond donors (Lipinski definition) is 1. The minimum atomic E-state index is -1.88. The number of carboxylic acid groups (broad SMARTS) is 1. The van der Waals surface area contributed by atoms with Crippen molar-refractivity contribution in [3.8, 4) is 17.0 Å². The normalized spacial score (nSPS) is 13.4. The summed E-state index contributed by atoms with van der Waals surface area (Å²) in [6.45, 7) is 0. The summed E-state index contributed by atoms with van der Waals surface area (Å²) in [4.78, 5) is 35.5. The highest BCUT2D eigenvalue weighted by Crippen LogP contribution is 2.46. The Labute approximate surface area is 167 Å². The summed E-state index contributed by atoms with van der Waals surface area (Å²) < 4.78 is 35.6. The first-order valence-corrected chi connectivity index (χ1v) is 8.89. The molecular formula is C20H14F2N2O6. The maximum Gasteiger partial charge on any atom is 0.341 e. The van der Waals surface area contributed by atoms with Crippen molar-refractivity contribution in [1.29, 1.82) is 0 Å². The number of halogens is 2. The molecule has 30 heavy (non-hydrogen) atoms. The van der Waals surface area contributed by atoms with E-state index in [1.54, 1.807) is 30.3 Å². The molecule has 1 saturated carbocycles. The molecule has 8 nitrogen and oxygen atoms in total. The van der Waals surface area contributed by atoms with E-state index < -0.39 is 50.3 Å². The van der Waals surface area contributed by atoms with Gasteiger partial charge in [-0.15, -0.1) is 0 Å². The number of nitro groups is 1. The van der Waals surface area contributed by atoms with E-state index in [0.29, 0.717) is 18.4 Å². The summed E-state index contributed by atoms with van der Waals surface area (Å²) in [5.41, 5.74) is -3.48. The summed E-state index contributed by atoms with van der Waals surface area (Å²) >= 11 is 0. The van der Waals surface area contributed by atoms with Gasteiger partial charge >= 0.3 is 11.7 Å². The third-order valence-electron chi connectivity index (χ3n) is 5.02. The Hall–Kier alpha value is -3.82. The van der Waals surface area contributed by atoms with Gasteiger partial charge in [0.1, 0.15) is 16.5 Å². The number of nitro benzene ring substituents is 1. The molecule has 0 radical (unpaired) electrons. The molecule has 0 atom stereocenters. The number of nitrogens with zero attached hydrogens (tertiary/aromatic N) is 2. The quantitative estimate of drug-likeness (QED) is 0.499. The molecule has 0 aliphatic heterocycles. The second-order valence-electron chi connectivity index (χ2n) is 6.82. The van der Waals surface area contributed by atoms with Crippen molar-refractivity contribution in [2.45, 2.75) is 18.9 Å². The van der Waals surface area contributed by atoms with Gasteiger partial charge in [-0.2, -0.15) is 8.78 Å². The first kappa shape index (κ1) is 19.5. The summed E-state index contributed by atoms with van der Waals surface area (Å²) in [5.74, 6) is -5.82. The molecule has 1 aliphatic rings. The first-order chi connectivity index (χ1) is 14.3. The Morgan fingerprint density at radius 1 is 1.23 bits per heavy atom. The number of hydrogen-bond acceptors (Lipinski definition) is 5. The van der Waals surface area contributed by atoms with Crippen molar-refractivity contribution in [1.82, 2.24) is 4.57 Å². The number of benzene rings is 2. The number of carbonyl (C=O) groups is 1. The van der Waals surface area contributed by atoms with Crippen LogP contribution in [0.15, 0.2) is 35.1 Å². The monoisotopic (exact) mass is 416 g/mol. The number of ether oxygens (including phenoxy) is 1. The molecule has 1 heterocycles. The number of pyridine rings is 1. The molecule has 3 aromatic rings. The standard InChI is InChI=1S/C20H14F2N2O6/c1-30-19-14(22)13(21)16(24(28)29)11-17(19)23(10-7-8-10)15(9-5-3-2-4-6-9)12(18(11)25)20(26)27/h2-6,10H,7-8H2,1H3,(H,26,27). The smallest absolute Gasteiger partial charge is 0.341 e. The van der Waals surface area contributed by atoms with Crippen LogP contribution in [0.4, 0.5) is 14.5 Å². The number of rotatable bonds is 5. The van der Waals surface area contributed by atoms with Crippen molar-refractivity contribution in [3.05, 3.63) is 67.9 Å². The molecule has 0 saturated heterocycles. The predicted molar refractivity (Wildman–Crippen MR) is 102 cm³/mol. The lowest BCUT2D eigenvalue weighted by Gasteiger charge is -2.21. The third-order valence-corrected chi connectivity index (χ3v) is 5.02. The van der Waals surface area contributed by atoms with Gasteiger partial charge in [-0.3, -0.25) is 14.9 Å². The Kier molecular flexibility index (Phi) is 4.49. The van der Waals surface area contributed by atoms with Crippen molar-refractivity contribution in [3.63, 3.8) is 0 Å². The van der Waals surface area contributed by atoms with Gasteiger partial charge in [-0.25, -0.2) is 4.79 Å². The summed E-state index contributed by atoms with van der Waals surface area (Å²) in [6.07, 6.45) is 1.12. The second kappa shape index (κ2) is 6.90. The van der Waals surface area contributed by atoms with Crippen LogP contribution >= 0.6 is 0 Å². The molecule has 0 amide bonds. The fourth-order valence-electron chi connectivity index (χ4n) is 3.69. The molecule has 4 rings (SSSR count). The van der Waals surface area contributed by atoms with Crippen LogP contribution in [0.2, 0.25) is 0 Å². The van der Waals surface area contributed by atoms with E-state index in [1.165, 1.54) is 4.57 Å². The number of carboxylic acids is 1. The van der Waals surface area contributed by atoms with Crippen LogP contribution in [0.1, 0.15) is 29.2 Å². The largest absolute Gasteiger partial charge is 0.491 e. The topological polar surface area (TPSA) is 112 Å². The Balaban J connectivity index is 2.38. The number of aromatic carboxylic acids is 1. The minimum absolute atomic E-state index is 0.0401. The highest BCUT2D eigenvalue weighted by atomic mass is 19.2. The van der Waals surface area contributed by atoms with Gasteiger partial charge in [0.05, 0.1) is 17.7 Å². The van der Waals surface area contributed by atoms with Crippen LogP contribution in [0.5, 0.6) is 5.75 Å². The molecule has 1 fully saturated rings. The Bertz CT molecular complexity index is 1280. The highest BCUT2D eigenvalue weighted by molar-refractivity contribution is 6.04. The van der Waals surface area contributed by atoms with Gasteiger partial charge in [-0.1, -0.05) is 30.3 Å². The average molecular weight is 416 g/mol. The van der Waals surface area contributed by atoms with Crippen LogP contribution < -0.4 is 10.2 Å². The van der Waals surface area contributed by atoms with E-state index >= 15 is 0 Å². The average Bonchev–Trinajstić information content (AvgIpc) is 3.54. The van der Waals surface area contributed by atoms with Crippen LogP contribution in [0.3, 0.4) is 0 Å². The molecule has 1 N–H and O–H groups in total. The zero-order valence-electron chi connectivity index (χ0n) is 15.5. The van der Waals surface area contributed by atoms with Crippen LogP contribution in [-0.4, -0.2) is 27.7 Å². The number of methoxy groups -OCH3 is 1. The fraction of sp³-hybridized carbons (Fsp3) is 0.200. The van der Waals surface area contributed by atoms with Gasteiger partial charge in [0, 0.05) is 6.04 Å². The third kappa shape index (κ3) is 2.71. The zero-order valence-corrected chi connectivity index (χ0v) is 15.5. The number of aromatic nitrogens is 1. The molecule has 154 valence electrons. The van der Waals surface area contributed by atoms with Gasteiger partial charge in [0.2, 0.25) is 17.1 Å². The van der Waals surface area contributed by atoms with E-state index in [2.05, 4.69) is 0 Å². The van der Waals surface area contributed by atoms with Gasteiger partial charge in [-0.05, 0) is 18.4 Å². The van der Waals surface area contributed by atoms with Crippen molar-refractivity contribution in [2.75, 3.05) is 7.11 Å². The lowest BCUT2D eigenvalue weighted by Crippen LogP contribution is -2.24. The summed E-state index contributed by atoms with van der Waals surface area (Å²) in [5, 5.41) is 20.5. The fourth-order valence-corrected chi connectivity index (χ4v) is 3.69. The molecular weight excluding hydrogens is 402 g/mol. The number of fused-ring (bicyclic) bond motifs is 1. The first-order valence-electron chi connectivity index (χ1n) is 8.89. The Morgan fingerprint density at radius 2 is 1.87 bits per heavy atom. The highest BCUT2D eigenvalue weighted by Gasteiger charge is 2.39. The van der Waals surface area contributed by atoms with Gasteiger partial charge in [0.15, 0.2) is 5.75 Å². The SMILES string of the molecule is COc1c(F)c(F)c([N+](=O)[O-])c2c(=O)c(C(=O)O)c(-c3ccccc3)n(C3CC3)c12. The minimum Gasteiger partial charge on any atom is -0.491 e. The van der Waals surface area contributed by atoms with Gasteiger partial charge in [0.25, 0.3) is 0 Å².